The summed E-state index contributed by atoms with van der Waals surface area (Å²) in [4.78, 5) is 6.70. The zero-order valence-corrected chi connectivity index (χ0v) is 11.4. The van der Waals surface area contributed by atoms with E-state index in [0.717, 1.165) is 37.6 Å². The zero-order chi connectivity index (χ0) is 13.9. The minimum Gasteiger partial charge on any atom is -0.495 e. The lowest BCUT2D eigenvalue weighted by atomic mass is 10.1. The van der Waals surface area contributed by atoms with E-state index in [-0.39, 0.29) is 0 Å². The molecule has 0 saturated carbocycles. The number of ether oxygens (including phenoxy) is 1. The summed E-state index contributed by atoms with van der Waals surface area (Å²) in [6, 6.07) is 7.95. The molecule has 2 aromatic rings. The van der Waals surface area contributed by atoms with Crippen LogP contribution in [0, 0.1) is 11.3 Å². The van der Waals surface area contributed by atoms with Crippen LogP contribution < -0.4 is 4.74 Å². The van der Waals surface area contributed by atoms with E-state index < -0.39 is 0 Å². The summed E-state index contributed by atoms with van der Waals surface area (Å²) in [5.41, 5.74) is 1.71. The third-order valence-electron chi connectivity index (χ3n) is 3.61. The molecule has 0 radical (unpaired) electrons. The molecule has 0 atom stereocenters. The molecule has 102 valence electrons. The van der Waals surface area contributed by atoms with Crippen LogP contribution in [-0.2, 0) is 19.6 Å². The molecule has 0 fully saturated rings. The minimum atomic E-state index is 0.587. The van der Waals surface area contributed by atoms with Crippen LogP contribution in [0.15, 0.2) is 30.6 Å². The summed E-state index contributed by atoms with van der Waals surface area (Å²) >= 11 is 0. The van der Waals surface area contributed by atoms with Crippen molar-refractivity contribution in [3.8, 4) is 11.8 Å². The molecule has 0 amide bonds. The molecule has 5 heteroatoms. The van der Waals surface area contributed by atoms with E-state index in [2.05, 4.69) is 20.5 Å². The number of nitriles is 1. The van der Waals surface area contributed by atoms with Crippen molar-refractivity contribution in [3.05, 3.63) is 47.5 Å². The molecule has 1 aromatic heterocycles. The van der Waals surface area contributed by atoms with Gasteiger partial charge in [0.05, 0.1) is 19.2 Å². The number of methoxy groups -OCH3 is 1. The van der Waals surface area contributed by atoms with Crippen molar-refractivity contribution >= 4 is 0 Å². The van der Waals surface area contributed by atoms with Crippen molar-refractivity contribution in [3.63, 3.8) is 0 Å². The first-order valence-corrected chi connectivity index (χ1v) is 6.59. The zero-order valence-electron chi connectivity index (χ0n) is 11.4. The van der Waals surface area contributed by atoms with Crippen molar-refractivity contribution in [2.24, 2.45) is 0 Å². The molecule has 1 aliphatic rings. The van der Waals surface area contributed by atoms with Crippen LogP contribution in [0.1, 0.15) is 17.0 Å². The number of aromatic nitrogens is 2. The van der Waals surface area contributed by atoms with Gasteiger partial charge in [-0.3, -0.25) is 4.90 Å². The fourth-order valence-electron chi connectivity index (χ4n) is 2.56. The monoisotopic (exact) mass is 268 g/mol. The molecule has 1 aliphatic heterocycles. The minimum absolute atomic E-state index is 0.587. The van der Waals surface area contributed by atoms with Gasteiger partial charge in [-0.2, -0.15) is 5.26 Å². The molecule has 0 spiro atoms. The fourth-order valence-corrected chi connectivity index (χ4v) is 2.56. The number of fused-ring (bicyclic) bond motifs is 1. The molecular weight excluding hydrogens is 252 g/mol. The quantitative estimate of drug-likeness (QED) is 0.851. The van der Waals surface area contributed by atoms with Gasteiger partial charge in [-0.05, 0) is 17.7 Å². The number of hydrogen-bond donors (Lipinski definition) is 0. The predicted octanol–water partition coefficient (Wildman–Crippen LogP) is 1.78. The third kappa shape index (κ3) is 2.38. The molecule has 0 aliphatic carbocycles. The maximum Gasteiger partial charge on any atom is 0.136 e. The van der Waals surface area contributed by atoms with Crippen LogP contribution >= 0.6 is 0 Å². The number of nitrogens with zero attached hydrogens (tertiary/aromatic N) is 4. The molecule has 1 aromatic carbocycles. The second-order valence-electron chi connectivity index (χ2n) is 4.89. The van der Waals surface area contributed by atoms with E-state index in [4.69, 9.17) is 10.00 Å². The Morgan fingerprint density at radius 2 is 2.30 bits per heavy atom. The Balaban J connectivity index is 1.74. The summed E-state index contributed by atoms with van der Waals surface area (Å²) < 4.78 is 7.35. The second-order valence-corrected chi connectivity index (χ2v) is 4.89. The Bertz CT molecular complexity index is 656. The predicted molar refractivity (Wildman–Crippen MR) is 74.1 cm³/mol. The van der Waals surface area contributed by atoms with Crippen molar-refractivity contribution in [2.45, 2.75) is 19.6 Å². The standard InChI is InChI=1S/C15H16N4O/c1-20-14-3-2-12(8-13(14)9-16)10-18-6-7-19-5-4-17-15(19)11-18/h2-5,8H,6-7,10-11H2,1H3. The van der Waals surface area contributed by atoms with Gasteiger partial charge in [0, 0.05) is 32.0 Å². The van der Waals surface area contributed by atoms with Gasteiger partial charge < -0.3 is 9.30 Å². The largest absolute Gasteiger partial charge is 0.495 e. The van der Waals surface area contributed by atoms with Gasteiger partial charge in [0.2, 0.25) is 0 Å². The topological polar surface area (TPSA) is 54.1 Å². The summed E-state index contributed by atoms with van der Waals surface area (Å²) in [7, 11) is 1.58. The van der Waals surface area contributed by atoms with Gasteiger partial charge in [0.25, 0.3) is 0 Å². The molecule has 3 rings (SSSR count). The van der Waals surface area contributed by atoms with Crippen molar-refractivity contribution < 1.29 is 4.74 Å². The molecule has 5 nitrogen and oxygen atoms in total. The van der Waals surface area contributed by atoms with Gasteiger partial charge in [-0.15, -0.1) is 0 Å². The molecular formula is C15H16N4O. The van der Waals surface area contributed by atoms with Gasteiger partial charge in [-0.25, -0.2) is 4.98 Å². The first-order chi connectivity index (χ1) is 9.80. The first-order valence-electron chi connectivity index (χ1n) is 6.59. The Morgan fingerprint density at radius 3 is 3.10 bits per heavy atom. The van der Waals surface area contributed by atoms with Crippen LogP contribution in [0.3, 0.4) is 0 Å². The average molecular weight is 268 g/mol. The fraction of sp³-hybridized carbons (Fsp3) is 0.333. The highest BCUT2D eigenvalue weighted by molar-refractivity contribution is 5.45. The van der Waals surface area contributed by atoms with E-state index in [1.165, 1.54) is 0 Å². The number of rotatable bonds is 3. The van der Waals surface area contributed by atoms with E-state index in [0.29, 0.717) is 11.3 Å². The molecule has 0 bridgehead atoms. The van der Waals surface area contributed by atoms with Crippen LogP contribution in [-0.4, -0.2) is 28.1 Å². The van der Waals surface area contributed by atoms with E-state index >= 15 is 0 Å². The average Bonchev–Trinajstić information content (AvgIpc) is 2.94. The highest BCUT2D eigenvalue weighted by Crippen LogP contribution is 2.21. The summed E-state index contributed by atoms with van der Waals surface area (Å²) in [5, 5.41) is 9.13. The summed E-state index contributed by atoms with van der Waals surface area (Å²) in [6.07, 6.45) is 3.87. The molecule has 0 N–H and O–H groups in total. The van der Waals surface area contributed by atoms with Crippen LogP contribution in [0.4, 0.5) is 0 Å². The Hall–Kier alpha value is -2.32. The molecule has 20 heavy (non-hydrogen) atoms. The van der Waals surface area contributed by atoms with Gasteiger partial charge in [0.1, 0.15) is 17.6 Å². The van der Waals surface area contributed by atoms with E-state index in [1.54, 1.807) is 7.11 Å². The van der Waals surface area contributed by atoms with E-state index in [1.807, 2.05) is 30.6 Å². The smallest absolute Gasteiger partial charge is 0.136 e. The summed E-state index contributed by atoms with van der Waals surface area (Å²) in [6.45, 7) is 3.64. The lowest BCUT2D eigenvalue weighted by Gasteiger charge is -2.27. The Labute approximate surface area is 118 Å². The highest BCUT2D eigenvalue weighted by atomic mass is 16.5. The van der Waals surface area contributed by atoms with Gasteiger partial charge in [0.15, 0.2) is 0 Å². The maximum atomic E-state index is 9.13. The molecule has 0 saturated heterocycles. The van der Waals surface area contributed by atoms with Crippen molar-refractivity contribution in [1.29, 1.82) is 5.26 Å². The number of imidazole rings is 1. The van der Waals surface area contributed by atoms with Gasteiger partial charge >= 0.3 is 0 Å². The first kappa shape index (κ1) is 12.7. The third-order valence-corrected chi connectivity index (χ3v) is 3.61. The molecule has 0 unspecified atom stereocenters. The maximum absolute atomic E-state index is 9.13. The van der Waals surface area contributed by atoms with Crippen LogP contribution in [0.5, 0.6) is 5.75 Å². The van der Waals surface area contributed by atoms with Crippen LogP contribution in [0.2, 0.25) is 0 Å². The Kier molecular flexibility index (Phi) is 3.40. The lowest BCUT2D eigenvalue weighted by molar-refractivity contribution is 0.209. The highest BCUT2D eigenvalue weighted by Gasteiger charge is 2.17. The van der Waals surface area contributed by atoms with Gasteiger partial charge in [-0.1, -0.05) is 6.07 Å². The summed E-state index contributed by atoms with van der Waals surface area (Å²) in [5.74, 6) is 1.73. The van der Waals surface area contributed by atoms with Crippen molar-refractivity contribution in [1.82, 2.24) is 14.5 Å². The SMILES string of the molecule is COc1ccc(CN2CCn3ccnc3C2)cc1C#N. The normalized spacial score (nSPS) is 14.6. The lowest BCUT2D eigenvalue weighted by Crippen LogP contribution is -2.33. The molecule has 2 heterocycles. The second kappa shape index (κ2) is 5.35. The number of benzene rings is 1. The van der Waals surface area contributed by atoms with E-state index in [9.17, 15) is 0 Å². The van der Waals surface area contributed by atoms with Crippen LogP contribution in [0.25, 0.3) is 0 Å². The van der Waals surface area contributed by atoms with Crippen molar-refractivity contribution in [2.75, 3.05) is 13.7 Å². The Morgan fingerprint density at radius 1 is 1.40 bits per heavy atom. The number of hydrogen-bond acceptors (Lipinski definition) is 4.